The maximum absolute atomic E-state index is 13.6. The first-order chi connectivity index (χ1) is 8.08. The van der Waals surface area contributed by atoms with Gasteiger partial charge >= 0.3 is 0 Å². The molecule has 0 radical (unpaired) electrons. The Morgan fingerprint density at radius 2 is 2.24 bits per heavy atom. The van der Waals surface area contributed by atoms with E-state index in [4.69, 9.17) is 5.73 Å². The molecule has 1 unspecified atom stereocenters. The van der Waals surface area contributed by atoms with Gasteiger partial charge in [0.25, 0.3) is 0 Å². The number of nitrogens with zero attached hydrogens (tertiary/aromatic N) is 2. The van der Waals surface area contributed by atoms with Gasteiger partial charge in [-0.3, -0.25) is 0 Å². The zero-order chi connectivity index (χ0) is 12.4. The number of benzene rings is 1. The summed E-state index contributed by atoms with van der Waals surface area (Å²) in [6, 6.07) is 4.63. The molecule has 1 aromatic heterocycles. The molecule has 2 rings (SSSR count). The summed E-state index contributed by atoms with van der Waals surface area (Å²) in [5.74, 6) is 0.607. The number of aromatic nitrogens is 2. The van der Waals surface area contributed by atoms with Crippen LogP contribution in [0.2, 0.25) is 0 Å². The van der Waals surface area contributed by atoms with Gasteiger partial charge in [-0.2, -0.15) is 0 Å². The van der Waals surface area contributed by atoms with Gasteiger partial charge < -0.3 is 10.3 Å². The number of hydrogen-bond donors (Lipinski definition) is 1. The van der Waals surface area contributed by atoms with Crippen LogP contribution in [-0.2, 0) is 13.5 Å². The van der Waals surface area contributed by atoms with Crippen molar-refractivity contribution in [3.05, 3.63) is 53.4 Å². The molecule has 0 saturated heterocycles. The maximum atomic E-state index is 13.6. The quantitative estimate of drug-likeness (QED) is 0.882. The highest BCUT2D eigenvalue weighted by molar-refractivity contribution is 5.27. The second kappa shape index (κ2) is 4.67. The second-order valence-corrected chi connectivity index (χ2v) is 4.29. The van der Waals surface area contributed by atoms with Gasteiger partial charge in [-0.1, -0.05) is 17.7 Å². The number of imidazole rings is 1. The van der Waals surface area contributed by atoms with E-state index in [0.29, 0.717) is 12.0 Å². The first-order valence-electron chi connectivity index (χ1n) is 5.55. The summed E-state index contributed by atoms with van der Waals surface area (Å²) in [4.78, 5) is 4.19. The van der Waals surface area contributed by atoms with Crippen molar-refractivity contribution in [1.29, 1.82) is 0 Å². The highest BCUT2D eigenvalue weighted by atomic mass is 19.1. The Labute approximate surface area is 100 Å². The summed E-state index contributed by atoms with van der Waals surface area (Å²) in [5.41, 5.74) is 7.59. The number of halogens is 1. The Morgan fingerprint density at radius 3 is 2.88 bits per heavy atom. The van der Waals surface area contributed by atoms with E-state index in [0.717, 1.165) is 11.4 Å². The van der Waals surface area contributed by atoms with Crippen LogP contribution in [0.15, 0.2) is 30.6 Å². The third-order valence-corrected chi connectivity index (χ3v) is 2.87. The van der Waals surface area contributed by atoms with Crippen LogP contribution in [-0.4, -0.2) is 9.55 Å². The van der Waals surface area contributed by atoms with Crippen LogP contribution in [0.3, 0.4) is 0 Å². The Kier molecular flexibility index (Phi) is 3.24. The highest BCUT2D eigenvalue weighted by Crippen LogP contribution is 2.19. The average Bonchev–Trinajstić information content (AvgIpc) is 2.68. The lowest BCUT2D eigenvalue weighted by Gasteiger charge is -2.13. The molecule has 1 heterocycles. The SMILES string of the molecule is Cc1ccc(F)c(C(N)Cc2nccn2C)c1. The second-order valence-electron chi connectivity index (χ2n) is 4.29. The zero-order valence-corrected chi connectivity index (χ0v) is 10.0. The van der Waals surface area contributed by atoms with E-state index in [9.17, 15) is 4.39 Å². The molecular formula is C13H16FN3. The molecule has 0 aliphatic carbocycles. The third-order valence-electron chi connectivity index (χ3n) is 2.87. The minimum Gasteiger partial charge on any atom is -0.338 e. The summed E-state index contributed by atoms with van der Waals surface area (Å²) in [6.07, 6.45) is 4.10. The number of hydrogen-bond acceptors (Lipinski definition) is 2. The first-order valence-corrected chi connectivity index (χ1v) is 5.55. The van der Waals surface area contributed by atoms with Gasteiger partial charge in [0, 0.05) is 37.5 Å². The topological polar surface area (TPSA) is 43.8 Å². The molecule has 0 aliphatic rings. The van der Waals surface area contributed by atoms with Crippen molar-refractivity contribution in [1.82, 2.24) is 9.55 Å². The predicted octanol–water partition coefficient (Wildman–Crippen LogP) is 2.11. The van der Waals surface area contributed by atoms with Crippen molar-refractivity contribution < 1.29 is 4.39 Å². The van der Waals surface area contributed by atoms with Gasteiger partial charge in [-0.05, 0) is 13.0 Å². The van der Waals surface area contributed by atoms with E-state index in [2.05, 4.69) is 4.98 Å². The number of nitrogens with two attached hydrogens (primary N) is 1. The fourth-order valence-electron chi connectivity index (χ4n) is 1.85. The molecule has 4 heteroatoms. The summed E-state index contributed by atoms with van der Waals surface area (Å²) >= 11 is 0. The van der Waals surface area contributed by atoms with Crippen molar-refractivity contribution in [2.75, 3.05) is 0 Å². The van der Waals surface area contributed by atoms with E-state index in [1.165, 1.54) is 6.07 Å². The van der Waals surface area contributed by atoms with Crippen LogP contribution < -0.4 is 5.73 Å². The van der Waals surface area contributed by atoms with Crippen molar-refractivity contribution in [3.8, 4) is 0 Å². The monoisotopic (exact) mass is 233 g/mol. The Morgan fingerprint density at radius 1 is 1.47 bits per heavy atom. The summed E-state index contributed by atoms with van der Waals surface area (Å²) in [7, 11) is 1.90. The van der Waals surface area contributed by atoms with Crippen molar-refractivity contribution in [2.24, 2.45) is 12.8 Å². The normalized spacial score (nSPS) is 12.7. The van der Waals surface area contributed by atoms with Crippen LogP contribution in [0.5, 0.6) is 0 Å². The molecule has 0 spiro atoms. The van der Waals surface area contributed by atoms with Crippen LogP contribution in [0.1, 0.15) is 23.0 Å². The molecule has 17 heavy (non-hydrogen) atoms. The van der Waals surface area contributed by atoms with E-state index in [1.807, 2.05) is 24.7 Å². The molecule has 1 aromatic carbocycles. The Bertz CT molecular complexity index is 519. The third kappa shape index (κ3) is 2.53. The van der Waals surface area contributed by atoms with Gasteiger partial charge in [0.05, 0.1) is 0 Å². The van der Waals surface area contributed by atoms with E-state index in [-0.39, 0.29) is 11.9 Å². The van der Waals surface area contributed by atoms with E-state index in [1.54, 1.807) is 18.3 Å². The molecule has 0 aliphatic heterocycles. The Hall–Kier alpha value is -1.68. The van der Waals surface area contributed by atoms with Crippen molar-refractivity contribution in [3.63, 3.8) is 0 Å². The largest absolute Gasteiger partial charge is 0.338 e. The summed E-state index contributed by atoms with van der Waals surface area (Å²) in [6.45, 7) is 1.93. The van der Waals surface area contributed by atoms with Crippen LogP contribution >= 0.6 is 0 Å². The molecule has 3 nitrogen and oxygen atoms in total. The molecule has 0 bridgehead atoms. The van der Waals surface area contributed by atoms with Gasteiger partial charge in [-0.25, -0.2) is 9.37 Å². The van der Waals surface area contributed by atoms with Crippen LogP contribution in [0.25, 0.3) is 0 Å². The Balaban J connectivity index is 2.23. The molecular weight excluding hydrogens is 217 g/mol. The summed E-state index contributed by atoms with van der Waals surface area (Å²) in [5, 5.41) is 0. The molecule has 0 amide bonds. The van der Waals surface area contributed by atoms with Gasteiger partial charge in [0.1, 0.15) is 11.6 Å². The fourth-order valence-corrected chi connectivity index (χ4v) is 1.85. The molecule has 90 valence electrons. The lowest BCUT2D eigenvalue weighted by Crippen LogP contribution is -2.17. The zero-order valence-electron chi connectivity index (χ0n) is 10.0. The van der Waals surface area contributed by atoms with Crippen molar-refractivity contribution in [2.45, 2.75) is 19.4 Å². The lowest BCUT2D eigenvalue weighted by molar-refractivity contribution is 0.569. The minimum atomic E-state index is -0.365. The van der Waals surface area contributed by atoms with Gasteiger partial charge in [0.15, 0.2) is 0 Å². The van der Waals surface area contributed by atoms with Crippen LogP contribution in [0, 0.1) is 12.7 Å². The van der Waals surface area contributed by atoms with Crippen LogP contribution in [0.4, 0.5) is 4.39 Å². The molecule has 1 atom stereocenters. The fraction of sp³-hybridized carbons (Fsp3) is 0.308. The smallest absolute Gasteiger partial charge is 0.128 e. The lowest BCUT2D eigenvalue weighted by atomic mass is 10.0. The van der Waals surface area contributed by atoms with E-state index < -0.39 is 0 Å². The molecule has 0 saturated carbocycles. The van der Waals surface area contributed by atoms with E-state index >= 15 is 0 Å². The molecule has 2 N–H and O–H groups in total. The van der Waals surface area contributed by atoms with Gasteiger partial charge in [-0.15, -0.1) is 0 Å². The minimum absolute atomic E-state index is 0.252. The van der Waals surface area contributed by atoms with Crippen molar-refractivity contribution >= 4 is 0 Å². The number of rotatable bonds is 3. The number of aryl methyl sites for hydroxylation is 2. The van der Waals surface area contributed by atoms with Gasteiger partial charge in [0.2, 0.25) is 0 Å². The molecule has 2 aromatic rings. The predicted molar refractivity (Wildman–Crippen MR) is 65.0 cm³/mol. The average molecular weight is 233 g/mol. The molecule has 0 fully saturated rings. The maximum Gasteiger partial charge on any atom is 0.128 e. The highest BCUT2D eigenvalue weighted by Gasteiger charge is 2.14. The first kappa shape index (κ1) is 11.8. The standard InChI is InChI=1S/C13H16FN3/c1-9-3-4-11(14)10(7-9)12(15)8-13-16-5-6-17(13)2/h3-7,12H,8,15H2,1-2H3. The summed E-state index contributed by atoms with van der Waals surface area (Å²) < 4.78 is 15.5.